The molecule has 0 radical (unpaired) electrons. The fraction of sp³-hybridized carbons (Fsp3) is 0.333. The van der Waals surface area contributed by atoms with E-state index >= 15 is 0 Å². The molecule has 2 aromatic rings. The third-order valence-electron chi connectivity index (χ3n) is 3.46. The highest BCUT2D eigenvalue weighted by Crippen LogP contribution is 2.36. The number of nitrogens with zero attached hydrogens (tertiary/aromatic N) is 3. The normalized spacial score (nSPS) is 13.1. The fourth-order valence-corrected chi connectivity index (χ4v) is 3.04. The molecule has 1 aromatic heterocycles. The van der Waals surface area contributed by atoms with Crippen molar-refractivity contribution in [1.82, 2.24) is 9.97 Å². The second kappa shape index (κ2) is 6.57. The van der Waals surface area contributed by atoms with Crippen LogP contribution in [-0.2, 0) is 6.54 Å². The lowest BCUT2D eigenvalue weighted by Crippen LogP contribution is -2.23. The van der Waals surface area contributed by atoms with E-state index in [4.69, 9.17) is 5.73 Å². The van der Waals surface area contributed by atoms with Gasteiger partial charge in [-0.15, -0.1) is 0 Å². The minimum atomic E-state index is -0.587. The molecule has 5 nitrogen and oxygen atoms in total. The third-order valence-corrected chi connectivity index (χ3v) is 4.51. The van der Waals surface area contributed by atoms with Crippen LogP contribution in [0.5, 0.6) is 0 Å². The predicted molar refractivity (Wildman–Crippen MR) is 88.5 cm³/mol. The van der Waals surface area contributed by atoms with Crippen LogP contribution in [0.4, 0.5) is 26.1 Å². The molecule has 23 heavy (non-hydrogen) atoms. The van der Waals surface area contributed by atoms with E-state index in [2.05, 4.69) is 22.2 Å². The van der Waals surface area contributed by atoms with E-state index < -0.39 is 11.6 Å². The Morgan fingerprint density at radius 3 is 2.91 bits per heavy atom. The summed E-state index contributed by atoms with van der Waals surface area (Å²) < 4.78 is 26.9. The van der Waals surface area contributed by atoms with Crippen molar-refractivity contribution in [3.8, 4) is 0 Å². The number of hydrogen-bond donors (Lipinski definition) is 2. The molecule has 1 aliphatic rings. The summed E-state index contributed by atoms with van der Waals surface area (Å²) in [5.74, 6) is 0.783. The molecule has 0 amide bonds. The molecule has 8 heteroatoms. The average molecular weight is 337 g/mol. The lowest BCUT2D eigenvalue weighted by Gasteiger charge is -2.18. The molecule has 1 aliphatic heterocycles. The molecular formula is C15H17F2N5S. The van der Waals surface area contributed by atoms with Crippen LogP contribution < -0.4 is 16.0 Å². The molecule has 3 rings (SSSR count). The number of anilines is 3. The van der Waals surface area contributed by atoms with Gasteiger partial charge in [-0.25, -0.2) is 18.7 Å². The number of rotatable bonds is 5. The van der Waals surface area contributed by atoms with Gasteiger partial charge in [0.2, 0.25) is 0 Å². The predicted octanol–water partition coefficient (Wildman–Crippen LogP) is 3.23. The zero-order chi connectivity index (χ0) is 16.4. The molecule has 0 atom stereocenters. The molecular weight excluding hydrogens is 320 g/mol. The van der Waals surface area contributed by atoms with Crippen LogP contribution in [0.25, 0.3) is 0 Å². The highest BCUT2D eigenvalue weighted by Gasteiger charge is 2.25. The van der Waals surface area contributed by atoms with Crippen molar-refractivity contribution in [2.75, 3.05) is 28.4 Å². The maximum Gasteiger partial charge on any atom is 0.191 e. The molecule has 0 saturated carbocycles. The number of thioether (sulfide) groups is 1. The number of aromatic nitrogens is 2. The lowest BCUT2D eigenvalue weighted by molar-refractivity contribution is 0.570. The van der Waals surface area contributed by atoms with E-state index in [0.717, 1.165) is 18.2 Å². The van der Waals surface area contributed by atoms with Gasteiger partial charge in [0.25, 0.3) is 0 Å². The lowest BCUT2D eigenvalue weighted by atomic mass is 10.2. The van der Waals surface area contributed by atoms with Gasteiger partial charge in [0, 0.05) is 23.9 Å². The Kier molecular flexibility index (Phi) is 4.51. The van der Waals surface area contributed by atoms with Gasteiger partial charge in [0.05, 0.1) is 6.67 Å². The molecule has 0 saturated heterocycles. The van der Waals surface area contributed by atoms with E-state index in [-0.39, 0.29) is 6.54 Å². The van der Waals surface area contributed by atoms with Gasteiger partial charge in [0.1, 0.15) is 17.3 Å². The standard InChI is InChI=1S/C15H17F2N5S/c1-2-5-23-15-20-13(18)12-14(21-15)22(8-19-12)7-9-3-4-10(16)6-11(9)17/h3-4,6,19H,2,5,7-8H2,1H3,(H2,18,20,21). The van der Waals surface area contributed by atoms with Crippen molar-refractivity contribution in [2.24, 2.45) is 0 Å². The first-order valence-corrected chi connectivity index (χ1v) is 8.30. The molecule has 0 fully saturated rings. The van der Waals surface area contributed by atoms with E-state index in [1.165, 1.54) is 23.9 Å². The number of fused-ring (bicyclic) bond motifs is 1. The van der Waals surface area contributed by atoms with Crippen LogP contribution >= 0.6 is 11.8 Å². The Bertz CT molecular complexity index is 725. The van der Waals surface area contributed by atoms with Crippen molar-refractivity contribution in [1.29, 1.82) is 0 Å². The highest BCUT2D eigenvalue weighted by molar-refractivity contribution is 7.99. The molecule has 0 unspecified atom stereocenters. The van der Waals surface area contributed by atoms with E-state index in [9.17, 15) is 8.78 Å². The van der Waals surface area contributed by atoms with Crippen LogP contribution in [0.3, 0.4) is 0 Å². The first kappa shape index (κ1) is 15.8. The Morgan fingerprint density at radius 2 is 2.17 bits per heavy atom. The van der Waals surface area contributed by atoms with Gasteiger partial charge in [-0.1, -0.05) is 24.8 Å². The van der Waals surface area contributed by atoms with Gasteiger partial charge < -0.3 is 16.0 Å². The minimum absolute atomic E-state index is 0.278. The van der Waals surface area contributed by atoms with Crippen LogP contribution in [0.2, 0.25) is 0 Å². The van der Waals surface area contributed by atoms with Gasteiger partial charge >= 0.3 is 0 Å². The summed E-state index contributed by atoms with van der Waals surface area (Å²) in [6, 6.07) is 3.58. The Morgan fingerprint density at radius 1 is 1.35 bits per heavy atom. The summed E-state index contributed by atoms with van der Waals surface area (Å²) in [6.45, 7) is 2.81. The van der Waals surface area contributed by atoms with Gasteiger partial charge in [-0.05, 0) is 12.5 Å². The maximum absolute atomic E-state index is 13.9. The molecule has 0 aliphatic carbocycles. The SMILES string of the molecule is CCCSc1nc(N)c2c(n1)N(Cc1ccc(F)cc1F)CN2. The molecule has 3 N–H and O–H groups in total. The topological polar surface area (TPSA) is 67.1 Å². The molecule has 2 heterocycles. The second-order valence-electron chi connectivity index (χ2n) is 5.21. The first-order chi connectivity index (χ1) is 11.1. The summed E-state index contributed by atoms with van der Waals surface area (Å²) in [7, 11) is 0. The third kappa shape index (κ3) is 3.31. The van der Waals surface area contributed by atoms with Gasteiger partial charge in [-0.3, -0.25) is 0 Å². The summed E-state index contributed by atoms with van der Waals surface area (Å²) >= 11 is 1.53. The first-order valence-electron chi connectivity index (χ1n) is 7.31. The molecule has 0 bridgehead atoms. The zero-order valence-corrected chi connectivity index (χ0v) is 13.5. The number of nitrogens with two attached hydrogens (primary N) is 1. The number of hydrogen-bond acceptors (Lipinski definition) is 6. The molecule has 122 valence electrons. The zero-order valence-electron chi connectivity index (χ0n) is 12.6. The number of benzene rings is 1. The average Bonchev–Trinajstić information content (AvgIpc) is 2.91. The summed E-state index contributed by atoms with van der Waals surface area (Å²) in [5.41, 5.74) is 7.04. The molecule has 0 spiro atoms. The van der Waals surface area contributed by atoms with Crippen LogP contribution in [0.15, 0.2) is 23.4 Å². The quantitative estimate of drug-likeness (QED) is 0.645. The second-order valence-corrected chi connectivity index (χ2v) is 6.27. The number of halogens is 2. The van der Waals surface area contributed by atoms with Crippen molar-refractivity contribution in [3.63, 3.8) is 0 Å². The van der Waals surface area contributed by atoms with E-state index in [1.54, 1.807) is 0 Å². The van der Waals surface area contributed by atoms with Gasteiger partial charge in [0.15, 0.2) is 16.8 Å². The number of nitrogens with one attached hydrogen (secondary N) is 1. The largest absolute Gasteiger partial charge is 0.382 e. The Labute approximate surface area is 137 Å². The fourth-order valence-electron chi connectivity index (χ4n) is 2.34. The highest BCUT2D eigenvalue weighted by atomic mass is 32.2. The maximum atomic E-state index is 13.9. The summed E-state index contributed by atoms with van der Waals surface area (Å²) in [4.78, 5) is 10.6. The van der Waals surface area contributed by atoms with Crippen LogP contribution in [0.1, 0.15) is 18.9 Å². The Hall–Kier alpha value is -2.09. The van der Waals surface area contributed by atoms with Crippen molar-refractivity contribution < 1.29 is 8.78 Å². The van der Waals surface area contributed by atoms with Crippen LogP contribution in [-0.4, -0.2) is 22.4 Å². The number of nitrogen functional groups attached to an aromatic ring is 1. The van der Waals surface area contributed by atoms with Gasteiger partial charge in [-0.2, -0.15) is 0 Å². The van der Waals surface area contributed by atoms with Crippen molar-refractivity contribution >= 4 is 29.1 Å². The monoisotopic (exact) mass is 337 g/mol. The van der Waals surface area contributed by atoms with Crippen molar-refractivity contribution in [3.05, 3.63) is 35.4 Å². The van der Waals surface area contributed by atoms with Crippen LogP contribution in [0, 0.1) is 11.6 Å². The summed E-state index contributed by atoms with van der Waals surface area (Å²) in [5, 5.41) is 3.73. The molecule has 1 aromatic carbocycles. The smallest absolute Gasteiger partial charge is 0.191 e. The van der Waals surface area contributed by atoms with Crippen molar-refractivity contribution in [2.45, 2.75) is 25.0 Å². The van der Waals surface area contributed by atoms with E-state index in [1.807, 2.05) is 4.90 Å². The summed E-state index contributed by atoms with van der Waals surface area (Å²) in [6.07, 6.45) is 1.01. The Balaban J connectivity index is 1.86. The minimum Gasteiger partial charge on any atom is -0.382 e. The van der Waals surface area contributed by atoms with E-state index in [0.29, 0.717) is 34.7 Å².